The fraction of sp³-hybridized carbons (Fsp3) is 0.333. The summed E-state index contributed by atoms with van der Waals surface area (Å²) in [6.45, 7) is 0. The van der Waals surface area contributed by atoms with E-state index in [1.54, 1.807) is 11.3 Å². The maximum absolute atomic E-state index is 11.1. The van der Waals surface area contributed by atoms with Gasteiger partial charge in [-0.05, 0) is 28.8 Å². The molecule has 0 fully saturated rings. The predicted molar refractivity (Wildman–Crippen MR) is 71.1 cm³/mol. The summed E-state index contributed by atoms with van der Waals surface area (Å²) in [6.07, 6.45) is 0.728. The predicted octanol–water partition coefficient (Wildman–Crippen LogP) is 2.37. The lowest BCUT2D eigenvalue weighted by molar-refractivity contribution is 0.176. The second kappa shape index (κ2) is 4.76. The maximum atomic E-state index is 11.1. The number of rotatable bonds is 4. The Morgan fingerprint density at radius 3 is 2.76 bits per heavy atom. The standard InChI is InChI=1S/C12H14O3S2/c1-17(14,15)7-6-11(13)10-8-16-12-5-3-2-4-9(10)12/h2-5,8,11,13H,6-7H2,1H3. The summed E-state index contributed by atoms with van der Waals surface area (Å²) in [5.41, 5.74) is 0.828. The first-order valence-corrected chi connectivity index (χ1v) is 8.23. The molecule has 0 radical (unpaired) electrons. The Balaban J connectivity index is 2.22. The molecule has 0 saturated heterocycles. The van der Waals surface area contributed by atoms with Crippen LogP contribution in [0, 0.1) is 0 Å². The zero-order valence-corrected chi connectivity index (χ0v) is 11.1. The van der Waals surface area contributed by atoms with E-state index in [-0.39, 0.29) is 12.2 Å². The van der Waals surface area contributed by atoms with E-state index in [1.807, 2.05) is 29.6 Å². The molecule has 3 nitrogen and oxygen atoms in total. The van der Waals surface area contributed by atoms with Crippen LogP contribution in [0.15, 0.2) is 29.6 Å². The van der Waals surface area contributed by atoms with Gasteiger partial charge in [-0.3, -0.25) is 0 Å². The third kappa shape index (κ3) is 3.06. The molecule has 0 saturated carbocycles. The van der Waals surface area contributed by atoms with E-state index in [4.69, 9.17) is 0 Å². The highest BCUT2D eigenvalue weighted by atomic mass is 32.2. The van der Waals surface area contributed by atoms with E-state index in [9.17, 15) is 13.5 Å². The third-order valence-corrected chi connectivity index (χ3v) is 4.59. The van der Waals surface area contributed by atoms with Gasteiger partial charge in [0.2, 0.25) is 0 Å². The Morgan fingerprint density at radius 1 is 1.35 bits per heavy atom. The summed E-state index contributed by atoms with van der Waals surface area (Å²) in [5, 5.41) is 12.9. The molecule has 0 aliphatic rings. The first kappa shape index (κ1) is 12.5. The first-order valence-electron chi connectivity index (χ1n) is 5.29. The summed E-state index contributed by atoms with van der Waals surface area (Å²) in [4.78, 5) is 0. The smallest absolute Gasteiger partial charge is 0.147 e. The fourth-order valence-corrected chi connectivity index (χ4v) is 3.40. The number of thiophene rings is 1. The van der Waals surface area contributed by atoms with Crippen molar-refractivity contribution >= 4 is 31.3 Å². The Morgan fingerprint density at radius 2 is 2.06 bits per heavy atom. The summed E-state index contributed by atoms with van der Waals surface area (Å²) in [6, 6.07) is 7.81. The van der Waals surface area contributed by atoms with Gasteiger partial charge in [0.1, 0.15) is 9.84 Å². The molecule has 17 heavy (non-hydrogen) atoms. The van der Waals surface area contributed by atoms with Gasteiger partial charge in [-0.2, -0.15) is 0 Å². The molecule has 1 heterocycles. The molecule has 2 rings (SSSR count). The molecule has 1 unspecified atom stereocenters. The van der Waals surface area contributed by atoms with Crippen LogP contribution >= 0.6 is 11.3 Å². The van der Waals surface area contributed by atoms with E-state index in [2.05, 4.69) is 0 Å². The van der Waals surface area contributed by atoms with Crippen molar-refractivity contribution in [1.29, 1.82) is 0 Å². The number of fused-ring (bicyclic) bond motifs is 1. The summed E-state index contributed by atoms with van der Waals surface area (Å²) in [5.74, 6) is 0.0122. The van der Waals surface area contributed by atoms with Gasteiger partial charge >= 0.3 is 0 Å². The van der Waals surface area contributed by atoms with E-state index in [1.165, 1.54) is 6.26 Å². The van der Waals surface area contributed by atoms with Crippen molar-refractivity contribution in [2.45, 2.75) is 12.5 Å². The molecule has 1 N–H and O–H groups in total. The van der Waals surface area contributed by atoms with Crippen LogP contribution in [-0.4, -0.2) is 25.5 Å². The van der Waals surface area contributed by atoms with E-state index >= 15 is 0 Å². The number of aliphatic hydroxyl groups excluding tert-OH is 1. The van der Waals surface area contributed by atoms with Gasteiger partial charge in [0, 0.05) is 11.0 Å². The number of hydrogen-bond donors (Lipinski definition) is 1. The van der Waals surface area contributed by atoms with Crippen LogP contribution in [0.25, 0.3) is 10.1 Å². The lowest BCUT2D eigenvalue weighted by Crippen LogP contribution is -2.08. The molecule has 0 aliphatic carbocycles. The van der Waals surface area contributed by atoms with Crippen LogP contribution in [-0.2, 0) is 9.84 Å². The molecule has 1 aromatic carbocycles. The Labute approximate surface area is 105 Å². The molecule has 0 amide bonds. The number of benzene rings is 1. The fourth-order valence-electron chi connectivity index (χ4n) is 1.74. The van der Waals surface area contributed by atoms with Crippen molar-refractivity contribution in [3.05, 3.63) is 35.2 Å². The quantitative estimate of drug-likeness (QED) is 0.928. The van der Waals surface area contributed by atoms with Crippen LogP contribution in [0.5, 0.6) is 0 Å². The van der Waals surface area contributed by atoms with Gasteiger partial charge in [-0.1, -0.05) is 18.2 Å². The highest BCUT2D eigenvalue weighted by Gasteiger charge is 2.15. The largest absolute Gasteiger partial charge is 0.388 e. The normalized spacial score (nSPS) is 14.0. The number of hydrogen-bond acceptors (Lipinski definition) is 4. The van der Waals surface area contributed by atoms with Crippen molar-refractivity contribution in [2.24, 2.45) is 0 Å². The van der Waals surface area contributed by atoms with Crippen molar-refractivity contribution < 1.29 is 13.5 Å². The van der Waals surface area contributed by atoms with Crippen molar-refractivity contribution in [3.63, 3.8) is 0 Å². The first-order chi connectivity index (χ1) is 7.97. The monoisotopic (exact) mass is 270 g/mol. The summed E-state index contributed by atoms with van der Waals surface area (Å²) in [7, 11) is -3.02. The molecule has 1 aromatic heterocycles. The summed E-state index contributed by atoms with van der Waals surface area (Å²) < 4.78 is 23.2. The van der Waals surface area contributed by atoms with Gasteiger partial charge in [0.25, 0.3) is 0 Å². The molecular formula is C12H14O3S2. The minimum absolute atomic E-state index is 0.0122. The van der Waals surface area contributed by atoms with Gasteiger partial charge in [0.15, 0.2) is 0 Å². The Kier molecular flexibility index (Phi) is 3.51. The average molecular weight is 270 g/mol. The highest BCUT2D eigenvalue weighted by molar-refractivity contribution is 7.90. The molecule has 0 bridgehead atoms. The van der Waals surface area contributed by atoms with Crippen molar-refractivity contribution in [2.75, 3.05) is 12.0 Å². The van der Waals surface area contributed by atoms with Crippen molar-refractivity contribution in [3.8, 4) is 0 Å². The minimum atomic E-state index is -3.02. The Hall–Kier alpha value is -0.910. The minimum Gasteiger partial charge on any atom is -0.388 e. The van der Waals surface area contributed by atoms with Gasteiger partial charge < -0.3 is 5.11 Å². The highest BCUT2D eigenvalue weighted by Crippen LogP contribution is 2.31. The topological polar surface area (TPSA) is 54.4 Å². The van der Waals surface area contributed by atoms with Crippen LogP contribution < -0.4 is 0 Å². The van der Waals surface area contributed by atoms with Crippen LogP contribution in [0.2, 0.25) is 0 Å². The van der Waals surface area contributed by atoms with Gasteiger partial charge in [-0.15, -0.1) is 11.3 Å². The van der Waals surface area contributed by atoms with Crippen LogP contribution in [0.1, 0.15) is 18.1 Å². The Bertz CT molecular complexity index is 613. The lowest BCUT2D eigenvalue weighted by Gasteiger charge is -2.08. The van der Waals surface area contributed by atoms with E-state index in [0.29, 0.717) is 0 Å². The SMILES string of the molecule is CS(=O)(=O)CCC(O)c1csc2ccccc12. The molecule has 2 aromatic rings. The van der Waals surface area contributed by atoms with E-state index in [0.717, 1.165) is 15.6 Å². The molecule has 5 heteroatoms. The van der Waals surface area contributed by atoms with Crippen molar-refractivity contribution in [1.82, 2.24) is 0 Å². The zero-order chi connectivity index (χ0) is 12.5. The summed E-state index contributed by atoms with van der Waals surface area (Å²) >= 11 is 1.57. The van der Waals surface area contributed by atoms with Crippen LogP contribution in [0.3, 0.4) is 0 Å². The van der Waals surface area contributed by atoms with Gasteiger partial charge in [-0.25, -0.2) is 8.42 Å². The molecule has 92 valence electrons. The second-order valence-electron chi connectivity index (χ2n) is 4.12. The average Bonchev–Trinajstić information content (AvgIpc) is 2.68. The maximum Gasteiger partial charge on any atom is 0.147 e. The van der Waals surface area contributed by atoms with Gasteiger partial charge in [0.05, 0.1) is 11.9 Å². The van der Waals surface area contributed by atoms with E-state index < -0.39 is 15.9 Å². The molecular weight excluding hydrogens is 256 g/mol. The molecule has 0 spiro atoms. The number of aliphatic hydroxyl groups is 1. The molecule has 0 aliphatic heterocycles. The second-order valence-corrected chi connectivity index (χ2v) is 7.29. The third-order valence-electron chi connectivity index (χ3n) is 2.63. The molecule has 1 atom stereocenters. The van der Waals surface area contributed by atoms with Crippen LogP contribution in [0.4, 0.5) is 0 Å². The zero-order valence-electron chi connectivity index (χ0n) is 9.46. The number of sulfone groups is 1. The lowest BCUT2D eigenvalue weighted by atomic mass is 10.1.